The lowest BCUT2D eigenvalue weighted by Crippen LogP contribution is -1.84. The summed E-state index contributed by atoms with van der Waals surface area (Å²) in [7, 11) is 0. The van der Waals surface area contributed by atoms with Crippen LogP contribution < -0.4 is 0 Å². The van der Waals surface area contributed by atoms with Gasteiger partial charge in [-0.25, -0.2) is 0 Å². The highest BCUT2D eigenvalue weighted by molar-refractivity contribution is 8.13. The molecular formula is C12H15NOS. The van der Waals surface area contributed by atoms with E-state index in [2.05, 4.69) is 24.1 Å². The number of carbonyl (C=O) groups excluding carboxylic acids is 1. The van der Waals surface area contributed by atoms with Gasteiger partial charge in [-0.2, -0.15) is 0 Å². The fourth-order valence-electron chi connectivity index (χ4n) is 1.13. The fraction of sp³-hybridized carbons (Fsp3) is 0.333. The van der Waals surface area contributed by atoms with Gasteiger partial charge >= 0.3 is 0 Å². The summed E-state index contributed by atoms with van der Waals surface area (Å²) >= 11 is 1.36. The molecule has 0 unspecified atom stereocenters. The molecule has 1 rings (SSSR count). The van der Waals surface area contributed by atoms with Gasteiger partial charge in [0.2, 0.25) is 0 Å². The van der Waals surface area contributed by atoms with E-state index in [1.807, 2.05) is 12.3 Å². The van der Waals surface area contributed by atoms with Crippen LogP contribution in [0.15, 0.2) is 24.5 Å². The molecule has 0 spiro atoms. The van der Waals surface area contributed by atoms with E-state index in [9.17, 15) is 4.79 Å². The van der Waals surface area contributed by atoms with Crippen LogP contribution in [0.3, 0.4) is 0 Å². The first-order valence-electron chi connectivity index (χ1n) is 4.90. The lowest BCUT2D eigenvalue weighted by Gasteiger charge is -1.97. The number of carbonyl (C=O) groups is 1. The van der Waals surface area contributed by atoms with Crippen molar-refractivity contribution in [3.05, 3.63) is 35.7 Å². The molecule has 0 amide bonds. The Kier molecular flexibility index (Phi) is 5.12. The van der Waals surface area contributed by atoms with E-state index >= 15 is 0 Å². The quantitative estimate of drug-likeness (QED) is 0.732. The minimum atomic E-state index is 0.181. The van der Waals surface area contributed by atoms with Gasteiger partial charge in [0, 0.05) is 25.1 Å². The van der Waals surface area contributed by atoms with Crippen LogP contribution in [-0.2, 0) is 4.79 Å². The zero-order chi connectivity index (χ0) is 11.1. The van der Waals surface area contributed by atoms with Crippen LogP contribution in [0.1, 0.15) is 24.5 Å². The second-order valence-electron chi connectivity index (χ2n) is 3.26. The molecule has 0 atom stereocenters. The summed E-state index contributed by atoms with van der Waals surface area (Å²) in [6.45, 7) is 3.66. The van der Waals surface area contributed by atoms with Crippen molar-refractivity contribution in [1.82, 2.24) is 4.98 Å². The fourth-order valence-corrected chi connectivity index (χ4v) is 1.67. The summed E-state index contributed by atoms with van der Waals surface area (Å²) in [5.74, 6) is 0.852. The maximum atomic E-state index is 10.7. The van der Waals surface area contributed by atoms with E-state index in [-0.39, 0.29) is 5.12 Å². The molecule has 0 radical (unpaired) electrons. The summed E-state index contributed by atoms with van der Waals surface area (Å²) in [5.41, 5.74) is 2.37. The molecule has 80 valence electrons. The van der Waals surface area contributed by atoms with Gasteiger partial charge in [0.1, 0.15) is 0 Å². The number of thioether (sulfide) groups is 1. The minimum Gasteiger partial charge on any atom is -0.288 e. The Morgan fingerprint density at radius 3 is 3.07 bits per heavy atom. The number of allylic oxidation sites excluding steroid dienone is 1. The molecule has 0 N–H and O–H groups in total. The Morgan fingerprint density at radius 1 is 1.60 bits per heavy atom. The lowest BCUT2D eigenvalue weighted by atomic mass is 10.1. The van der Waals surface area contributed by atoms with Gasteiger partial charge in [-0.05, 0) is 30.5 Å². The van der Waals surface area contributed by atoms with Crippen molar-refractivity contribution >= 4 is 23.0 Å². The molecule has 0 bridgehead atoms. The van der Waals surface area contributed by atoms with Crippen molar-refractivity contribution in [2.24, 2.45) is 0 Å². The molecule has 1 aromatic heterocycles. The van der Waals surface area contributed by atoms with Crippen molar-refractivity contribution in [2.75, 3.05) is 5.75 Å². The van der Waals surface area contributed by atoms with Crippen molar-refractivity contribution < 1.29 is 4.79 Å². The second-order valence-corrected chi connectivity index (χ2v) is 4.54. The maximum Gasteiger partial charge on any atom is 0.185 e. The Hall–Kier alpha value is -1.09. The topological polar surface area (TPSA) is 30.0 Å². The molecule has 0 fully saturated rings. The van der Waals surface area contributed by atoms with Gasteiger partial charge in [0.15, 0.2) is 5.12 Å². The highest BCUT2D eigenvalue weighted by Crippen LogP contribution is 2.09. The average Bonchev–Trinajstić information content (AvgIpc) is 2.20. The van der Waals surface area contributed by atoms with Crippen molar-refractivity contribution in [1.29, 1.82) is 0 Å². The standard InChI is InChI=1S/C12H15NOS/c1-10-6-7-13-9-12(10)5-3-4-8-15-11(2)14/h3,5-7,9H,4,8H2,1-2H3. The smallest absolute Gasteiger partial charge is 0.185 e. The van der Waals surface area contributed by atoms with E-state index in [1.54, 1.807) is 13.1 Å². The highest BCUT2D eigenvalue weighted by atomic mass is 32.2. The third-order valence-corrected chi connectivity index (χ3v) is 2.81. The van der Waals surface area contributed by atoms with Gasteiger partial charge in [-0.1, -0.05) is 23.9 Å². The van der Waals surface area contributed by atoms with Crippen LogP contribution in [0.2, 0.25) is 0 Å². The molecule has 15 heavy (non-hydrogen) atoms. The monoisotopic (exact) mass is 221 g/mol. The first-order chi connectivity index (χ1) is 7.20. The summed E-state index contributed by atoms with van der Waals surface area (Å²) in [5, 5.41) is 0.181. The molecule has 3 heteroatoms. The summed E-state index contributed by atoms with van der Waals surface area (Å²) < 4.78 is 0. The average molecular weight is 221 g/mol. The van der Waals surface area contributed by atoms with E-state index in [0.717, 1.165) is 17.7 Å². The maximum absolute atomic E-state index is 10.7. The first-order valence-corrected chi connectivity index (χ1v) is 5.89. The van der Waals surface area contributed by atoms with Crippen molar-refractivity contribution in [3.8, 4) is 0 Å². The predicted molar refractivity (Wildman–Crippen MR) is 65.8 cm³/mol. The van der Waals surface area contributed by atoms with Crippen LogP contribution in [-0.4, -0.2) is 15.9 Å². The molecule has 0 aromatic carbocycles. The number of nitrogens with zero attached hydrogens (tertiary/aromatic N) is 1. The number of hydrogen-bond acceptors (Lipinski definition) is 3. The van der Waals surface area contributed by atoms with E-state index < -0.39 is 0 Å². The lowest BCUT2D eigenvalue weighted by molar-refractivity contribution is -0.109. The third kappa shape index (κ3) is 4.79. The molecule has 2 nitrogen and oxygen atoms in total. The number of aryl methyl sites for hydroxylation is 1. The predicted octanol–water partition coefficient (Wildman–Crippen LogP) is 3.07. The van der Waals surface area contributed by atoms with Crippen molar-refractivity contribution in [2.45, 2.75) is 20.3 Å². The van der Waals surface area contributed by atoms with E-state index in [1.165, 1.54) is 17.3 Å². The van der Waals surface area contributed by atoms with Gasteiger partial charge in [-0.15, -0.1) is 0 Å². The zero-order valence-corrected chi connectivity index (χ0v) is 9.88. The van der Waals surface area contributed by atoms with Gasteiger partial charge in [0.25, 0.3) is 0 Å². The third-order valence-electron chi connectivity index (χ3n) is 1.97. The molecule has 1 heterocycles. The highest BCUT2D eigenvalue weighted by Gasteiger charge is 1.93. The molecule has 1 aromatic rings. The van der Waals surface area contributed by atoms with Gasteiger partial charge < -0.3 is 0 Å². The van der Waals surface area contributed by atoms with E-state index in [4.69, 9.17) is 0 Å². The van der Waals surface area contributed by atoms with E-state index in [0.29, 0.717) is 0 Å². The number of hydrogen-bond donors (Lipinski definition) is 0. The Morgan fingerprint density at radius 2 is 2.40 bits per heavy atom. The molecule has 0 aliphatic carbocycles. The van der Waals surface area contributed by atoms with Crippen LogP contribution in [0.4, 0.5) is 0 Å². The van der Waals surface area contributed by atoms with Crippen LogP contribution in [0.5, 0.6) is 0 Å². The molecule has 0 aliphatic rings. The number of rotatable bonds is 4. The minimum absolute atomic E-state index is 0.181. The normalized spacial score (nSPS) is 10.8. The van der Waals surface area contributed by atoms with Crippen LogP contribution in [0.25, 0.3) is 6.08 Å². The largest absolute Gasteiger partial charge is 0.288 e. The Balaban J connectivity index is 2.38. The molecule has 0 aliphatic heterocycles. The molecule has 0 saturated carbocycles. The Bertz CT molecular complexity index is 360. The molecular weight excluding hydrogens is 206 g/mol. The number of aromatic nitrogens is 1. The second kappa shape index (κ2) is 6.40. The van der Waals surface area contributed by atoms with Gasteiger partial charge in [0.05, 0.1) is 0 Å². The number of pyridine rings is 1. The zero-order valence-electron chi connectivity index (χ0n) is 9.06. The first kappa shape index (κ1) is 12.0. The molecule has 0 saturated heterocycles. The van der Waals surface area contributed by atoms with Crippen LogP contribution in [0, 0.1) is 6.92 Å². The SMILES string of the molecule is CC(=O)SCCC=Cc1cnccc1C. The van der Waals surface area contributed by atoms with Crippen molar-refractivity contribution in [3.63, 3.8) is 0 Å². The van der Waals surface area contributed by atoms with Gasteiger partial charge in [-0.3, -0.25) is 9.78 Å². The van der Waals surface area contributed by atoms with Crippen LogP contribution >= 0.6 is 11.8 Å². The summed E-state index contributed by atoms with van der Waals surface area (Å²) in [6, 6.07) is 1.99. The Labute approximate surface area is 94.8 Å². The summed E-state index contributed by atoms with van der Waals surface area (Å²) in [4.78, 5) is 14.7. The summed E-state index contributed by atoms with van der Waals surface area (Å²) in [6.07, 6.45) is 8.70.